The van der Waals surface area contributed by atoms with Crippen molar-refractivity contribution in [2.75, 3.05) is 26.2 Å². The number of aliphatic hydroxyl groups excluding tert-OH is 1. The Morgan fingerprint density at radius 3 is 2.64 bits per heavy atom. The number of tetrazole rings is 1. The van der Waals surface area contributed by atoms with Gasteiger partial charge in [0.05, 0.1) is 23.6 Å². The van der Waals surface area contributed by atoms with Gasteiger partial charge in [0.25, 0.3) is 5.91 Å². The maximum atomic E-state index is 13.2. The lowest BCUT2D eigenvalue weighted by Crippen LogP contribution is -2.66. The van der Waals surface area contributed by atoms with E-state index in [1.807, 2.05) is 17.9 Å². The summed E-state index contributed by atoms with van der Waals surface area (Å²) in [5.74, 6) is -0.350. The van der Waals surface area contributed by atoms with E-state index < -0.39 is 6.10 Å². The Labute approximate surface area is 207 Å². The van der Waals surface area contributed by atoms with Crippen LogP contribution in [0.4, 0.5) is 0 Å². The van der Waals surface area contributed by atoms with Crippen LogP contribution in [0.25, 0.3) is 5.69 Å². The van der Waals surface area contributed by atoms with Gasteiger partial charge in [-0.1, -0.05) is 6.07 Å². The maximum absolute atomic E-state index is 13.2. The average molecular weight is 490 g/mol. The minimum Gasteiger partial charge on any atom is -0.457 e. The van der Waals surface area contributed by atoms with Crippen molar-refractivity contribution in [2.24, 2.45) is 0 Å². The molecule has 0 radical (unpaired) electrons. The van der Waals surface area contributed by atoms with Gasteiger partial charge in [-0.3, -0.25) is 4.79 Å². The SMILES string of the molecule is Cc1c([C@@H](O)CN2CCC3(CC2)CCN3C(=O)c2ccc(-n3cnnn3)cn2)ccc2c1COC2=O. The molecule has 36 heavy (non-hydrogen) atoms. The van der Waals surface area contributed by atoms with Gasteiger partial charge < -0.3 is 19.6 Å². The zero-order valence-corrected chi connectivity index (χ0v) is 20.0. The lowest BCUT2D eigenvalue weighted by atomic mass is 9.76. The van der Waals surface area contributed by atoms with Crippen LogP contribution >= 0.6 is 0 Å². The molecule has 1 N–H and O–H groups in total. The number of nitrogens with zero attached hydrogens (tertiary/aromatic N) is 7. The molecule has 2 aromatic heterocycles. The molecule has 11 nitrogen and oxygen atoms in total. The normalized spacial score (nSPS) is 19.6. The van der Waals surface area contributed by atoms with Crippen molar-refractivity contribution in [2.45, 2.75) is 44.4 Å². The quantitative estimate of drug-likeness (QED) is 0.530. The maximum Gasteiger partial charge on any atom is 0.338 e. The summed E-state index contributed by atoms with van der Waals surface area (Å²) in [6.07, 6.45) is 5.13. The number of benzene rings is 1. The number of piperidine rings is 1. The van der Waals surface area contributed by atoms with Crippen molar-refractivity contribution in [3.8, 4) is 5.69 Å². The highest BCUT2D eigenvalue weighted by molar-refractivity contribution is 5.94. The van der Waals surface area contributed by atoms with E-state index in [0.717, 1.165) is 55.6 Å². The van der Waals surface area contributed by atoms with Crippen molar-refractivity contribution in [3.05, 3.63) is 64.7 Å². The van der Waals surface area contributed by atoms with E-state index in [1.54, 1.807) is 24.4 Å². The fraction of sp³-hybridized carbons (Fsp3) is 0.440. The van der Waals surface area contributed by atoms with Crippen LogP contribution in [0.15, 0.2) is 36.8 Å². The number of likely N-dealkylation sites (tertiary alicyclic amines) is 2. The third-order valence-corrected chi connectivity index (χ3v) is 7.98. The number of carbonyl (C=O) groups excluding carboxylic acids is 2. The third kappa shape index (κ3) is 3.75. The molecule has 3 aliphatic rings. The van der Waals surface area contributed by atoms with Gasteiger partial charge in [-0.25, -0.2) is 9.78 Å². The Balaban J connectivity index is 1.08. The summed E-state index contributed by atoms with van der Waals surface area (Å²) in [4.78, 5) is 33.6. The van der Waals surface area contributed by atoms with Crippen LogP contribution < -0.4 is 0 Å². The number of hydrogen-bond acceptors (Lipinski definition) is 9. The Morgan fingerprint density at radius 2 is 1.97 bits per heavy atom. The lowest BCUT2D eigenvalue weighted by molar-refractivity contribution is -0.0443. The molecule has 2 saturated heterocycles. The van der Waals surface area contributed by atoms with E-state index in [-0.39, 0.29) is 24.0 Å². The second-order valence-corrected chi connectivity index (χ2v) is 9.79. The Kier molecular flexibility index (Phi) is 5.53. The molecule has 3 aliphatic heterocycles. The fourth-order valence-electron chi connectivity index (χ4n) is 5.67. The predicted molar refractivity (Wildman–Crippen MR) is 126 cm³/mol. The predicted octanol–water partition coefficient (Wildman–Crippen LogP) is 1.45. The van der Waals surface area contributed by atoms with Gasteiger partial charge in [0, 0.05) is 37.3 Å². The van der Waals surface area contributed by atoms with Crippen molar-refractivity contribution >= 4 is 11.9 Å². The van der Waals surface area contributed by atoms with Gasteiger partial charge >= 0.3 is 5.97 Å². The summed E-state index contributed by atoms with van der Waals surface area (Å²) < 4.78 is 6.63. The monoisotopic (exact) mass is 489 g/mol. The second-order valence-electron chi connectivity index (χ2n) is 9.79. The Bertz CT molecular complexity index is 1300. The van der Waals surface area contributed by atoms with Crippen molar-refractivity contribution < 1.29 is 19.4 Å². The Hall–Kier alpha value is -3.70. The molecular formula is C25H27N7O4. The summed E-state index contributed by atoms with van der Waals surface area (Å²) in [5.41, 5.74) is 4.20. The highest BCUT2D eigenvalue weighted by Gasteiger charge is 2.49. The van der Waals surface area contributed by atoms with E-state index in [1.165, 1.54) is 11.0 Å². The molecule has 1 spiro atoms. The van der Waals surface area contributed by atoms with Crippen LogP contribution in [0.3, 0.4) is 0 Å². The molecule has 0 unspecified atom stereocenters. The van der Waals surface area contributed by atoms with Gasteiger partial charge in [0.2, 0.25) is 0 Å². The van der Waals surface area contributed by atoms with Crippen LogP contribution in [0.1, 0.15) is 62.9 Å². The summed E-state index contributed by atoms with van der Waals surface area (Å²) >= 11 is 0. The molecule has 1 atom stereocenters. The number of esters is 1. The summed E-state index contributed by atoms with van der Waals surface area (Å²) in [6, 6.07) is 7.09. The van der Waals surface area contributed by atoms with E-state index in [4.69, 9.17) is 4.74 Å². The van der Waals surface area contributed by atoms with Gasteiger partial charge in [-0.05, 0) is 65.9 Å². The van der Waals surface area contributed by atoms with Gasteiger partial charge in [0.15, 0.2) is 0 Å². The first-order chi connectivity index (χ1) is 17.4. The average Bonchev–Trinajstić information content (AvgIpc) is 3.55. The van der Waals surface area contributed by atoms with Crippen LogP contribution in [0.5, 0.6) is 0 Å². The van der Waals surface area contributed by atoms with Gasteiger partial charge in [-0.2, -0.15) is 4.68 Å². The van der Waals surface area contributed by atoms with Crippen LogP contribution in [-0.4, -0.2) is 83.7 Å². The molecule has 5 heterocycles. The number of aromatic nitrogens is 5. The number of hydrogen-bond donors (Lipinski definition) is 1. The Morgan fingerprint density at radius 1 is 1.17 bits per heavy atom. The number of pyridine rings is 1. The number of aliphatic hydroxyl groups is 1. The molecule has 11 heteroatoms. The zero-order chi connectivity index (χ0) is 24.9. The van der Waals surface area contributed by atoms with Crippen LogP contribution in [0, 0.1) is 6.92 Å². The standard InChI is InChI=1S/C25H27N7O4/c1-16-18(3-4-19-20(16)14-36-24(19)35)22(33)13-30-9-6-25(7-10-30)8-11-31(25)23(34)21-5-2-17(12-26-21)32-15-27-28-29-32/h2-5,12,15,22,33H,6-11,13-14H2,1H3/t22-/m0/s1. The summed E-state index contributed by atoms with van der Waals surface area (Å²) in [6.45, 7) is 5.06. The number of ether oxygens (including phenoxy) is 1. The van der Waals surface area contributed by atoms with Crippen LogP contribution in [0.2, 0.25) is 0 Å². The highest BCUT2D eigenvalue weighted by Crippen LogP contribution is 2.41. The molecule has 0 aliphatic carbocycles. The second kappa shape index (κ2) is 8.75. The first kappa shape index (κ1) is 22.7. The molecule has 186 valence electrons. The first-order valence-corrected chi connectivity index (χ1v) is 12.2. The minimum atomic E-state index is -0.651. The number of fused-ring (bicyclic) bond motifs is 1. The molecular weight excluding hydrogens is 462 g/mol. The van der Waals surface area contributed by atoms with Crippen molar-refractivity contribution in [3.63, 3.8) is 0 Å². The number of cyclic esters (lactones) is 1. The molecule has 0 bridgehead atoms. The fourth-order valence-corrected chi connectivity index (χ4v) is 5.67. The summed E-state index contributed by atoms with van der Waals surface area (Å²) in [7, 11) is 0. The zero-order valence-electron chi connectivity index (χ0n) is 20.0. The first-order valence-electron chi connectivity index (χ1n) is 12.2. The molecule has 0 saturated carbocycles. The van der Waals surface area contributed by atoms with Gasteiger partial charge in [-0.15, -0.1) is 5.10 Å². The lowest BCUT2D eigenvalue weighted by Gasteiger charge is -2.56. The van der Waals surface area contributed by atoms with E-state index >= 15 is 0 Å². The topological polar surface area (TPSA) is 127 Å². The van der Waals surface area contributed by atoms with E-state index in [0.29, 0.717) is 23.5 Å². The smallest absolute Gasteiger partial charge is 0.338 e. The number of β-amino-alcohol motifs (C(OH)–C–C–N with tert-alkyl or cyclic N) is 1. The number of rotatable bonds is 5. The largest absolute Gasteiger partial charge is 0.457 e. The van der Waals surface area contributed by atoms with Crippen molar-refractivity contribution in [1.82, 2.24) is 35.0 Å². The number of amides is 1. The molecule has 1 aromatic carbocycles. The van der Waals surface area contributed by atoms with E-state index in [2.05, 4.69) is 25.4 Å². The molecule has 1 amide bonds. The molecule has 3 aromatic rings. The highest BCUT2D eigenvalue weighted by atomic mass is 16.5. The van der Waals surface area contributed by atoms with E-state index in [9.17, 15) is 14.7 Å². The van der Waals surface area contributed by atoms with Crippen molar-refractivity contribution in [1.29, 1.82) is 0 Å². The molecule has 2 fully saturated rings. The third-order valence-electron chi connectivity index (χ3n) is 7.98. The van der Waals surface area contributed by atoms with Crippen LogP contribution in [-0.2, 0) is 11.3 Å². The summed E-state index contributed by atoms with van der Waals surface area (Å²) in [5, 5.41) is 22.1. The minimum absolute atomic E-state index is 0.0523. The molecule has 6 rings (SSSR count). The number of carbonyl (C=O) groups is 2. The van der Waals surface area contributed by atoms with Gasteiger partial charge in [0.1, 0.15) is 18.6 Å².